The van der Waals surface area contributed by atoms with E-state index in [0.717, 1.165) is 22.9 Å². The van der Waals surface area contributed by atoms with Crippen molar-refractivity contribution in [3.05, 3.63) is 18.2 Å². The van der Waals surface area contributed by atoms with E-state index >= 15 is 0 Å². The van der Waals surface area contributed by atoms with E-state index in [2.05, 4.69) is 31.1 Å². The van der Waals surface area contributed by atoms with Gasteiger partial charge in [0, 0.05) is 11.1 Å². The van der Waals surface area contributed by atoms with Crippen molar-refractivity contribution < 1.29 is 0 Å². The Morgan fingerprint density at radius 2 is 1.86 bits per heavy atom. The van der Waals surface area contributed by atoms with Gasteiger partial charge in [-0.1, -0.05) is 20.8 Å². The predicted molar refractivity (Wildman–Crippen MR) is 59.2 cm³/mol. The van der Waals surface area contributed by atoms with E-state index in [-0.39, 0.29) is 5.41 Å². The summed E-state index contributed by atoms with van der Waals surface area (Å²) in [6, 6.07) is 5.62. The minimum atomic E-state index is -0.00617. The van der Waals surface area contributed by atoms with E-state index in [1.54, 1.807) is 0 Å². The summed E-state index contributed by atoms with van der Waals surface area (Å²) < 4.78 is 0. The van der Waals surface area contributed by atoms with E-state index in [0.29, 0.717) is 0 Å². The fraction of sp³-hybridized carbons (Fsp3) is 0.364. The quantitative estimate of drug-likeness (QED) is 0.625. The molecule has 1 aliphatic rings. The zero-order chi connectivity index (χ0) is 10.3. The Kier molecular flexibility index (Phi) is 1.77. The van der Waals surface area contributed by atoms with Gasteiger partial charge in [-0.15, -0.1) is 0 Å². The summed E-state index contributed by atoms with van der Waals surface area (Å²) in [7, 11) is 0. The second-order valence-corrected chi connectivity index (χ2v) is 4.55. The van der Waals surface area contributed by atoms with Crippen LogP contribution in [0.4, 0.5) is 17.1 Å². The molecule has 0 saturated heterocycles. The van der Waals surface area contributed by atoms with E-state index in [1.807, 2.05) is 18.2 Å². The second-order valence-electron chi connectivity index (χ2n) is 4.55. The van der Waals surface area contributed by atoms with Crippen molar-refractivity contribution in [3.8, 4) is 0 Å². The van der Waals surface area contributed by atoms with Crippen molar-refractivity contribution in [2.24, 2.45) is 10.4 Å². The molecule has 1 heterocycles. The van der Waals surface area contributed by atoms with Crippen LogP contribution in [-0.4, -0.2) is 5.84 Å². The summed E-state index contributed by atoms with van der Waals surface area (Å²) in [5.74, 6) is 0.873. The minimum Gasteiger partial charge on any atom is -0.399 e. The first-order valence-electron chi connectivity index (χ1n) is 4.67. The van der Waals surface area contributed by atoms with Crippen LogP contribution in [0, 0.1) is 5.41 Å². The van der Waals surface area contributed by atoms with Gasteiger partial charge in [0.2, 0.25) is 0 Å². The molecule has 14 heavy (non-hydrogen) atoms. The molecule has 0 unspecified atom stereocenters. The van der Waals surface area contributed by atoms with Gasteiger partial charge in [-0.3, -0.25) is 0 Å². The molecule has 3 nitrogen and oxygen atoms in total. The highest BCUT2D eigenvalue weighted by atomic mass is 15.1. The number of benzene rings is 1. The molecule has 2 rings (SSSR count). The molecular formula is C11H14N3. The molecular weight excluding hydrogens is 174 g/mol. The number of amidine groups is 1. The van der Waals surface area contributed by atoms with Gasteiger partial charge in [0.05, 0.1) is 11.4 Å². The lowest BCUT2D eigenvalue weighted by Gasteiger charge is -2.16. The van der Waals surface area contributed by atoms with Crippen molar-refractivity contribution in [3.63, 3.8) is 0 Å². The van der Waals surface area contributed by atoms with E-state index < -0.39 is 0 Å². The molecule has 73 valence electrons. The maximum Gasteiger partial charge on any atom is 0.135 e. The lowest BCUT2D eigenvalue weighted by atomic mass is 9.95. The standard InChI is InChI=1S/C11H14N3/c1-11(2,3)10-13-8-5-4-7(12)6-9(8)14-10/h4-6H,12H2,1-3H3. The molecule has 0 atom stereocenters. The molecule has 2 N–H and O–H groups in total. The van der Waals surface area contributed by atoms with Gasteiger partial charge in [0.25, 0.3) is 0 Å². The number of hydrogen-bond acceptors (Lipinski definition) is 2. The van der Waals surface area contributed by atoms with Gasteiger partial charge >= 0.3 is 0 Å². The molecule has 1 aromatic rings. The number of anilines is 1. The Hall–Kier alpha value is -1.51. The third kappa shape index (κ3) is 1.45. The number of rotatable bonds is 0. The Balaban J connectivity index is 2.37. The number of nitrogen functional groups attached to an aromatic ring is 1. The van der Waals surface area contributed by atoms with Crippen LogP contribution in [0.15, 0.2) is 23.2 Å². The number of nitrogens with zero attached hydrogens (tertiary/aromatic N) is 2. The van der Waals surface area contributed by atoms with Crippen LogP contribution < -0.4 is 11.1 Å². The summed E-state index contributed by atoms with van der Waals surface area (Å²) in [5.41, 5.74) is 8.21. The smallest absolute Gasteiger partial charge is 0.135 e. The average molecular weight is 188 g/mol. The number of aliphatic imine (C=N–C) groups is 1. The number of hydrogen-bond donors (Lipinski definition) is 1. The van der Waals surface area contributed by atoms with Crippen LogP contribution in [0.3, 0.4) is 0 Å². The Morgan fingerprint density at radius 1 is 1.14 bits per heavy atom. The minimum absolute atomic E-state index is 0.00617. The van der Waals surface area contributed by atoms with Crippen molar-refractivity contribution in [1.82, 2.24) is 5.32 Å². The first kappa shape index (κ1) is 9.06. The molecule has 0 bridgehead atoms. The lowest BCUT2D eigenvalue weighted by molar-refractivity contribution is 0.578. The lowest BCUT2D eigenvalue weighted by Crippen LogP contribution is -2.24. The van der Waals surface area contributed by atoms with E-state index in [4.69, 9.17) is 5.73 Å². The van der Waals surface area contributed by atoms with Gasteiger partial charge in [-0.05, 0) is 18.2 Å². The first-order chi connectivity index (χ1) is 6.47. The molecule has 0 aromatic heterocycles. The molecule has 0 aliphatic carbocycles. The normalized spacial score (nSPS) is 14.6. The molecule has 1 aliphatic heterocycles. The van der Waals surface area contributed by atoms with Crippen LogP contribution in [0.5, 0.6) is 0 Å². The van der Waals surface area contributed by atoms with Gasteiger partial charge in [0.15, 0.2) is 0 Å². The number of nitrogens with two attached hydrogens (primary N) is 1. The van der Waals surface area contributed by atoms with Crippen LogP contribution in [-0.2, 0) is 0 Å². The third-order valence-electron chi connectivity index (χ3n) is 2.12. The number of fused-ring (bicyclic) bond motifs is 1. The SMILES string of the molecule is CC(C)(C)C1=Nc2ccc(N)cc2[N]1. The van der Waals surface area contributed by atoms with Crippen molar-refractivity contribution in [2.75, 3.05) is 5.73 Å². The second kappa shape index (κ2) is 2.74. The molecule has 1 aromatic carbocycles. The molecule has 3 heteroatoms. The van der Waals surface area contributed by atoms with Crippen LogP contribution >= 0.6 is 0 Å². The largest absolute Gasteiger partial charge is 0.399 e. The summed E-state index contributed by atoms with van der Waals surface area (Å²) in [4.78, 5) is 4.46. The van der Waals surface area contributed by atoms with Crippen molar-refractivity contribution in [2.45, 2.75) is 20.8 Å². The van der Waals surface area contributed by atoms with Gasteiger partial charge in [-0.2, -0.15) is 0 Å². The average Bonchev–Trinajstić information content (AvgIpc) is 2.45. The highest BCUT2D eigenvalue weighted by Gasteiger charge is 2.26. The fourth-order valence-electron chi connectivity index (χ4n) is 1.31. The topological polar surface area (TPSA) is 52.5 Å². The zero-order valence-electron chi connectivity index (χ0n) is 8.70. The van der Waals surface area contributed by atoms with Crippen molar-refractivity contribution >= 4 is 22.9 Å². The first-order valence-corrected chi connectivity index (χ1v) is 4.67. The Morgan fingerprint density at radius 3 is 2.50 bits per heavy atom. The summed E-state index contributed by atoms with van der Waals surface area (Å²) >= 11 is 0. The Labute approximate surface area is 84.0 Å². The summed E-state index contributed by atoms with van der Waals surface area (Å²) in [6.45, 7) is 6.31. The van der Waals surface area contributed by atoms with Crippen LogP contribution in [0.2, 0.25) is 0 Å². The fourth-order valence-corrected chi connectivity index (χ4v) is 1.31. The summed E-state index contributed by atoms with van der Waals surface area (Å²) in [5, 5.41) is 4.45. The summed E-state index contributed by atoms with van der Waals surface area (Å²) in [6.07, 6.45) is 0. The maximum absolute atomic E-state index is 5.67. The molecule has 0 amide bonds. The van der Waals surface area contributed by atoms with Crippen LogP contribution in [0.1, 0.15) is 20.8 Å². The third-order valence-corrected chi connectivity index (χ3v) is 2.12. The Bertz CT molecular complexity index is 399. The van der Waals surface area contributed by atoms with Crippen LogP contribution in [0.25, 0.3) is 0 Å². The van der Waals surface area contributed by atoms with E-state index in [9.17, 15) is 0 Å². The van der Waals surface area contributed by atoms with Gasteiger partial charge < -0.3 is 5.73 Å². The van der Waals surface area contributed by atoms with Gasteiger partial charge in [-0.25, -0.2) is 10.3 Å². The monoisotopic (exact) mass is 188 g/mol. The van der Waals surface area contributed by atoms with Crippen molar-refractivity contribution in [1.29, 1.82) is 0 Å². The van der Waals surface area contributed by atoms with E-state index in [1.165, 1.54) is 0 Å². The molecule has 0 spiro atoms. The highest BCUT2D eigenvalue weighted by molar-refractivity contribution is 5.99. The maximum atomic E-state index is 5.67. The van der Waals surface area contributed by atoms with Gasteiger partial charge in [0.1, 0.15) is 5.84 Å². The zero-order valence-corrected chi connectivity index (χ0v) is 8.70. The predicted octanol–water partition coefficient (Wildman–Crippen LogP) is 2.59. The molecule has 0 fully saturated rings. The molecule has 1 radical (unpaired) electrons. The molecule has 0 saturated carbocycles. The highest BCUT2D eigenvalue weighted by Crippen LogP contribution is 2.35.